The number of benzene rings is 1. The molecular weight excluding hydrogens is 288 g/mol. The second-order valence-electron chi connectivity index (χ2n) is 6.05. The lowest BCUT2D eigenvalue weighted by molar-refractivity contribution is 0.0745. The molecule has 1 aliphatic heterocycles. The Morgan fingerprint density at radius 3 is 2.71 bits per heavy atom. The fraction of sp³-hybridized carbons (Fsp3) is 0.400. The molecule has 0 bridgehead atoms. The first-order valence-electron chi connectivity index (χ1n) is 6.89. The van der Waals surface area contributed by atoms with Crippen LogP contribution in [0, 0.1) is 0 Å². The second kappa shape index (κ2) is 4.59. The maximum atomic E-state index is 12.7. The number of fused-ring (bicyclic) bond motifs is 1. The molecule has 112 valence electrons. The number of nitrogens with zero attached hydrogens (tertiary/aromatic N) is 1. The van der Waals surface area contributed by atoms with Crippen LogP contribution in [0.25, 0.3) is 10.9 Å². The maximum Gasteiger partial charge on any atom is 0.256 e. The van der Waals surface area contributed by atoms with E-state index in [0.29, 0.717) is 5.56 Å². The van der Waals surface area contributed by atoms with Crippen LogP contribution in [0.2, 0.25) is 0 Å². The van der Waals surface area contributed by atoms with Gasteiger partial charge in [0.1, 0.15) is 0 Å². The van der Waals surface area contributed by atoms with Crippen molar-refractivity contribution < 1.29 is 13.2 Å². The number of H-pyrrole nitrogens is 1. The van der Waals surface area contributed by atoms with Gasteiger partial charge in [0.05, 0.1) is 16.1 Å². The first-order valence-corrected chi connectivity index (χ1v) is 8.55. The van der Waals surface area contributed by atoms with E-state index in [1.54, 1.807) is 24.9 Å². The Labute approximate surface area is 123 Å². The lowest BCUT2D eigenvalue weighted by Crippen LogP contribution is -2.54. The predicted molar refractivity (Wildman–Crippen MR) is 82.1 cm³/mol. The van der Waals surface area contributed by atoms with E-state index in [0.717, 1.165) is 10.9 Å². The Morgan fingerprint density at radius 1 is 1.29 bits per heavy atom. The summed E-state index contributed by atoms with van der Waals surface area (Å²) in [5.41, 5.74) is 1.51. The number of amides is 1. The molecule has 2 heterocycles. The van der Waals surface area contributed by atoms with Gasteiger partial charge in [-0.15, -0.1) is 0 Å². The Hall–Kier alpha value is -1.82. The molecule has 1 fully saturated rings. The van der Waals surface area contributed by atoms with Crippen LogP contribution in [0.3, 0.4) is 0 Å². The van der Waals surface area contributed by atoms with Crippen LogP contribution in [-0.4, -0.2) is 47.8 Å². The summed E-state index contributed by atoms with van der Waals surface area (Å²) < 4.78 is 23.2. The standard InChI is InChI=1S/C15H18N2O3S/c1-15(2)10-17(7-8-21(15,19)20)14(18)12-9-16-13-6-4-3-5-11(12)13/h3-6,9,16H,7-8,10H2,1-2H3. The monoisotopic (exact) mass is 306 g/mol. The van der Waals surface area contributed by atoms with Crippen molar-refractivity contribution in [1.29, 1.82) is 0 Å². The average molecular weight is 306 g/mol. The van der Waals surface area contributed by atoms with Crippen LogP contribution in [0.1, 0.15) is 24.2 Å². The van der Waals surface area contributed by atoms with Crippen LogP contribution in [0.4, 0.5) is 0 Å². The summed E-state index contributed by atoms with van der Waals surface area (Å²) in [5, 5.41) is 0.869. The Kier molecular flexibility index (Phi) is 3.09. The van der Waals surface area contributed by atoms with Crippen molar-refractivity contribution in [2.45, 2.75) is 18.6 Å². The van der Waals surface area contributed by atoms with Gasteiger partial charge in [-0.25, -0.2) is 8.42 Å². The van der Waals surface area contributed by atoms with Crippen LogP contribution in [-0.2, 0) is 9.84 Å². The van der Waals surface area contributed by atoms with E-state index in [2.05, 4.69) is 4.98 Å². The van der Waals surface area contributed by atoms with Crippen LogP contribution in [0.15, 0.2) is 30.5 Å². The van der Waals surface area contributed by atoms with Crippen molar-refractivity contribution in [3.8, 4) is 0 Å². The highest BCUT2D eigenvalue weighted by atomic mass is 32.2. The highest BCUT2D eigenvalue weighted by Crippen LogP contribution is 2.26. The number of aromatic nitrogens is 1. The lowest BCUT2D eigenvalue weighted by Gasteiger charge is -2.37. The van der Waals surface area contributed by atoms with Gasteiger partial charge in [-0.1, -0.05) is 18.2 Å². The summed E-state index contributed by atoms with van der Waals surface area (Å²) in [6.45, 7) is 3.84. The molecule has 21 heavy (non-hydrogen) atoms. The molecule has 1 aromatic carbocycles. The number of hydrogen-bond acceptors (Lipinski definition) is 3. The SMILES string of the molecule is CC1(C)CN(C(=O)c2c[nH]c3ccccc23)CCS1(=O)=O. The van der Waals surface area contributed by atoms with E-state index in [1.165, 1.54) is 0 Å². The van der Waals surface area contributed by atoms with E-state index < -0.39 is 14.6 Å². The molecule has 0 radical (unpaired) electrons. The zero-order valence-corrected chi connectivity index (χ0v) is 12.9. The summed E-state index contributed by atoms with van der Waals surface area (Å²) in [7, 11) is -3.14. The van der Waals surface area contributed by atoms with E-state index >= 15 is 0 Å². The van der Waals surface area contributed by atoms with Gasteiger partial charge in [-0.05, 0) is 19.9 Å². The third-order valence-corrected chi connectivity index (χ3v) is 6.68. The topological polar surface area (TPSA) is 70.2 Å². The minimum absolute atomic E-state index is 0.0219. The number of carbonyl (C=O) groups excluding carboxylic acids is 1. The molecule has 1 saturated heterocycles. The average Bonchev–Trinajstić information content (AvgIpc) is 2.85. The number of para-hydroxylation sites is 1. The fourth-order valence-corrected chi connectivity index (χ4v) is 4.10. The van der Waals surface area contributed by atoms with Crippen molar-refractivity contribution in [2.24, 2.45) is 0 Å². The number of nitrogens with one attached hydrogen (secondary N) is 1. The van der Waals surface area contributed by atoms with Gasteiger partial charge in [0.15, 0.2) is 9.84 Å². The number of rotatable bonds is 1. The molecule has 1 amide bonds. The number of hydrogen-bond donors (Lipinski definition) is 1. The van der Waals surface area contributed by atoms with E-state index in [1.807, 2.05) is 24.3 Å². The molecule has 0 spiro atoms. The minimum atomic E-state index is -3.14. The van der Waals surface area contributed by atoms with Crippen molar-refractivity contribution in [3.05, 3.63) is 36.0 Å². The van der Waals surface area contributed by atoms with Gasteiger partial charge in [0.25, 0.3) is 5.91 Å². The molecule has 0 saturated carbocycles. The second-order valence-corrected chi connectivity index (χ2v) is 8.80. The Balaban J connectivity index is 1.93. The zero-order valence-electron chi connectivity index (χ0n) is 12.1. The molecule has 5 nitrogen and oxygen atoms in total. The molecular formula is C15H18N2O3S. The van der Waals surface area contributed by atoms with Gasteiger partial charge in [-0.2, -0.15) is 0 Å². The third kappa shape index (κ3) is 2.23. The molecule has 1 aromatic heterocycles. The number of sulfone groups is 1. The minimum Gasteiger partial charge on any atom is -0.360 e. The molecule has 1 N–H and O–H groups in total. The summed E-state index contributed by atoms with van der Waals surface area (Å²) in [4.78, 5) is 17.4. The quantitative estimate of drug-likeness (QED) is 0.873. The smallest absolute Gasteiger partial charge is 0.256 e. The van der Waals surface area contributed by atoms with E-state index in [4.69, 9.17) is 0 Å². The highest BCUT2D eigenvalue weighted by molar-refractivity contribution is 7.92. The first-order chi connectivity index (χ1) is 9.82. The summed E-state index contributed by atoms with van der Waals surface area (Å²) in [5.74, 6) is -0.0934. The third-order valence-electron chi connectivity index (χ3n) is 4.15. The van der Waals surface area contributed by atoms with Gasteiger partial charge in [0.2, 0.25) is 0 Å². The fourth-order valence-electron chi connectivity index (χ4n) is 2.74. The van der Waals surface area contributed by atoms with Gasteiger partial charge >= 0.3 is 0 Å². The van der Waals surface area contributed by atoms with Gasteiger partial charge in [-0.3, -0.25) is 4.79 Å². The van der Waals surface area contributed by atoms with Crippen molar-refractivity contribution in [1.82, 2.24) is 9.88 Å². The molecule has 0 unspecified atom stereocenters. The van der Waals surface area contributed by atoms with E-state index in [9.17, 15) is 13.2 Å². The largest absolute Gasteiger partial charge is 0.360 e. The van der Waals surface area contributed by atoms with Gasteiger partial charge < -0.3 is 9.88 Å². The Bertz CT molecular complexity index is 805. The first kappa shape index (κ1) is 14.1. The molecule has 0 aliphatic carbocycles. The van der Waals surface area contributed by atoms with Crippen LogP contribution in [0.5, 0.6) is 0 Å². The maximum absolute atomic E-state index is 12.7. The predicted octanol–water partition coefficient (Wildman–Crippen LogP) is 1.82. The van der Waals surface area contributed by atoms with Crippen LogP contribution >= 0.6 is 0 Å². The Morgan fingerprint density at radius 2 is 2.00 bits per heavy atom. The lowest BCUT2D eigenvalue weighted by atomic mass is 10.1. The van der Waals surface area contributed by atoms with Crippen molar-refractivity contribution in [3.63, 3.8) is 0 Å². The van der Waals surface area contributed by atoms with Gasteiger partial charge in [0, 0.05) is 30.2 Å². The molecule has 2 aromatic rings. The van der Waals surface area contributed by atoms with E-state index in [-0.39, 0.29) is 24.7 Å². The highest BCUT2D eigenvalue weighted by Gasteiger charge is 2.41. The number of aromatic amines is 1. The van der Waals surface area contributed by atoms with Crippen molar-refractivity contribution >= 4 is 26.6 Å². The zero-order chi connectivity index (χ0) is 15.3. The molecule has 3 rings (SSSR count). The van der Waals surface area contributed by atoms with Crippen molar-refractivity contribution in [2.75, 3.05) is 18.8 Å². The molecule has 1 aliphatic rings. The normalized spacial score (nSPS) is 20.6. The number of carbonyl (C=O) groups is 1. The summed E-state index contributed by atoms with van der Waals surface area (Å²) in [6, 6.07) is 7.60. The van der Waals surface area contributed by atoms with Crippen LogP contribution < -0.4 is 0 Å². The molecule has 0 atom stereocenters. The molecule has 6 heteroatoms. The summed E-state index contributed by atoms with van der Waals surface area (Å²) >= 11 is 0. The summed E-state index contributed by atoms with van der Waals surface area (Å²) in [6.07, 6.45) is 1.70.